The van der Waals surface area contributed by atoms with Gasteiger partial charge in [0.1, 0.15) is 0 Å². The van der Waals surface area contributed by atoms with Gasteiger partial charge in [0.05, 0.1) is 22.3 Å². The Labute approximate surface area is 238 Å². The zero-order chi connectivity index (χ0) is 27.4. The Hall–Kier alpha value is -2.73. The van der Waals surface area contributed by atoms with Crippen molar-refractivity contribution in [1.82, 2.24) is 9.88 Å². The van der Waals surface area contributed by atoms with Crippen LogP contribution in [0, 0.1) is 0 Å². The monoisotopic (exact) mass is 572 g/mol. The largest absolute Gasteiger partial charge is 0.481 e. The first-order valence-corrected chi connectivity index (χ1v) is 13.9. The summed E-state index contributed by atoms with van der Waals surface area (Å²) in [4.78, 5) is 23.3. The first kappa shape index (κ1) is 28.3. The first-order chi connectivity index (χ1) is 18.2. The number of benzene rings is 2. The van der Waals surface area contributed by atoms with Gasteiger partial charge < -0.3 is 15.0 Å². The van der Waals surface area contributed by atoms with Crippen LogP contribution < -0.4 is 5.32 Å². The average molecular weight is 574 g/mol. The van der Waals surface area contributed by atoms with Crippen LogP contribution in [0.5, 0.6) is 0 Å². The number of allylic oxidation sites excluding steroid dienone is 4. The summed E-state index contributed by atoms with van der Waals surface area (Å²) in [5, 5.41) is 13.7. The van der Waals surface area contributed by atoms with Gasteiger partial charge in [0.15, 0.2) is 0 Å². The van der Waals surface area contributed by atoms with Crippen LogP contribution in [0.15, 0.2) is 66.4 Å². The Morgan fingerprint density at radius 3 is 2.55 bits per heavy atom. The van der Waals surface area contributed by atoms with Gasteiger partial charge in [-0.05, 0) is 59.7 Å². The number of amides is 1. The normalized spacial score (nSPS) is 16.8. The minimum absolute atomic E-state index is 0.0174. The van der Waals surface area contributed by atoms with Crippen molar-refractivity contribution in [3.05, 3.63) is 93.1 Å². The SMILES string of the molecule is CCCC(c1ccc(C(=O)NCCC(=O)O)cc1)C(C1=CCC(Cl)C=C1)c1cn(C)c2c(Cl)cc(Cl)cc12. The smallest absolute Gasteiger partial charge is 0.305 e. The van der Waals surface area contributed by atoms with E-state index in [2.05, 4.69) is 35.2 Å². The molecule has 4 rings (SSSR count). The Bertz CT molecular complexity index is 1390. The number of aryl methyl sites for hydroxylation is 1. The molecule has 2 aromatic carbocycles. The lowest BCUT2D eigenvalue weighted by Gasteiger charge is -2.30. The molecular weight excluding hydrogens is 543 g/mol. The van der Waals surface area contributed by atoms with E-state index in [0.717, 1.165) is 41.3 Å². The standard InChI is InChI=1S/C30H31Cl3N2O3/c1-3-4-23(18-5-7-20(8-6-18)30(38)34-14-13-27(36)37)28(19-9-11-21(31)12-10-19)25-17-35(2)29-24(25)15-22(32)16-26(29)33/h5-11,15-17,21,23,28H,3-4,12-14H2,1-2H3,(H,34,38)(H,36,37). The molecule has 38 heavy (non-hydrogen) atoms. The lowest BCUT2D eigenvalue weighted by atomic mass is 9.73. The zero-order valence-corrected chi connectivity index (χ0v) is 23.7. The van der Waals surface area contributed by atoms with Gasteiger partial charge in [0.2, 0.25) is 0 Å². The highest BCUT2D eigenvalue weighted by Gasteiger charge is 2.31. The molecule has 0 aliphatic heterocycles. The fraction of sp³-hybridized carbons (Fsp3) is 0.333. The molecule has 0 fully saturated rings. The Morgan fingerprint density at radius 2 is 1.92 bits per heavy atom. The number of aliphatic carboxylic acids is 1. The number of hydrogen-bond acceptors (Lipinski definition) is 2. The highest BCUT2D eigenvalue weighted by Crippen LogP contribution is 2.47. The van der Waals surface area contributed by atoms with Crippen LogP contribution in [-0.2, 0) is 11.8 Å². The highest BCUT2D eigenvalue weighted by atomic mass is 35.5. The molecule has 1 aliphatic carbocycles. The summed E-state index contributed by atoms with van der Waals surface area (Å²) in [6.45, 7) is 2.26. The number of nitrogens with zero attached hydrogens (tertiary/aromatic N) is 1. The third-order valence-corrected chi connectivity index (χ3v) is 7.85. The van der Waals surface area contributed by atoms with Crippen LogP contribution in [0.25, 0.3) is 10.9 Å². The number of aromatic nitrogens is 1. The van der Waals surface area contributed by atoms with Gasteiger partial charge in [0.25, 0.3) is 5.91 Å². The van der Waals surface area contributed by atoms with E-state index in [1.165, 1.54) is 5.57 Å². The van der Waals surface area contributed by atoms with Crippen molar-refractivity contribution in [2.75, 3.05) is 6.54 Å². The van der Waals surface area contributed by atoms with Crippen LogP contribution in [0.2, 0.25) is 10.0 Å². The second-order valence-corrected chi connectivity index (χ2v) is 11.1. The summed E-state index contributed by atoms with van der Waals surface area (Å²) in [5.74, 6) is -1.10. The number of carbonyl (C=O) groups excluding carboxylic acids is 1. The summed E-state index contributed by atoms with van der Waals surface area (Å²) in [5.41, 5.74) is 4.89. The number of nitrogens with one attached hydrogen (secondary N) is 1. The molecule has 0 saturated carbocycles. The summed E-state index contributed by atoms with van der Waals surface area (Å²) >= 11 is 19.5. The molecule has 5 nitrogen and oxygen atoms in total. The van der Waals surface area contributed by atoms with Crippen LogP contribution >= 0.6 is 34.8 Å². The van der Waals surface area contributed by atoms with Crippen LogP contribution in [0.3, 0.4) is 0 Å². The number of fused-ring (bicyclic) bond motifs is 1. The van der Waals surface area contributed by atoms with E-state index in [4.69, 9.17) is 39.9 Å². The number of carboxylic acids is 1. The molecule has 0 spiro atoms. The summed E-state index contributed by atoms with van der Waals surface area (Å²) in [6.07, 6.45) is 11.1. The van der Waals surface area contributed by atoms with Gasteiger partial charge in [0, 0.05) is 41.7 Å². The minimum atomic E-state index is -0.948. The second kappa shape index (κ2) is 12.4. The third kappa shape index (κ3) is 6.28. The van der Waals surface area contributed by atoms with Crippen molar-refractivity contribution in [3.63, 3.8) is 0 Å². The Balaban J connectivity index is 1.77. The van der Waals surface area contributed by atoms with Crippen molar-refractivity contribution < 1.29 is 14.7 Å². The summed E-state index contributed by atoms with van der Waals surface area (Å²) in [6, 6.07) is 11.4. The van der Waals surface area contributed by atoms with Crippen LogP contribution in [0.1, 0.15) is 65.9 Å². The number of carbonyl (C=O) groups is 2. The Morgan fingerprint density at radius 1 is 1.18 bits per heavy atom. The van der Waals surface area contributed by atoms with E-state index >= 15 is 0 Å². The quantitative estimate of drug-likeness (QED) is 0.243. The third-order valence-electron chi connectivity index (χ3n) is 7.02. The fourth-order valence-electron chi connectivity index (χ4n) is 5.31. The van der Waals surface area contributed by atoms with E-state index in [0.29, 0.717) is 15.6 Å². The molecule has 3 atom stereocenters. The number of alkyl halides is 1. The number of halogens is 3. The fourth-order valence-corrected chi connectivity index (χ4v) is 6.10. The van der Waals surface area contributed by atoms with Gasteiger partial charge >= 0.3 is 5.97 Å². The van der Waals surface area contributed by atoms with Gasteiger partial charge in [-0.2, -0.15) is 0 Å². The van der Waals surface area contributed by atoms with E-state index < -0.39 is 5.97 Å². The van der Waals surface area contributed by atoms with Crippen molar-refractivity contribution in [3.8, 4) is 0 Å². The number of rotatable bonds is 10. The predicted octanol–water partition coefficient (Wildman–Crippen LogP) is 7.85. The average Bonchev–Trinajstić information content (AvgIpc) is 3.20. The molecule has 200 valence electrons. The van der Waals surface area contributed by atoms with Gasteiger partial charge in [-0.15, -0.1) is 11.6 Å². The lowest BCUT2D eigenvalue weighted by Crippen LogP contribution is -2.26. The maximum absolute atomic E-state index is 12.5. The number of carboxylic acid groups (broad SMARTS) is 1. The van der Waals surface area contributed by atoms with Gasteiger partial charge in [-0.3, -0.25) is 9.59 Å². The molecule has 1 aliphatic rings. The van der Waals surface area contributed by atoms with E-state index in [9.17, 15) is 9.59 Å². The molecule has 1 amide bonds. The zero-order valence-electron chi connectivity index (χ0n) is 21.4. The van der Waals surface area contributed by atoms with Crippen LogP contribution in [0.4, 0.5) is 0 Å². The molecule has 3 aromatic rings. The van der Waals surface area contributed by atoms with Crippen molar-refractivity contribution in [2.45, 2.75) is 49.8 Å². The van der Waals surface area contributed by atoms with Crippen LogP contribution in [-0.4, -0.2) is 33.5 Å². The summed E-state index contributed by atoms with van der Waals surface area (Å²) < 4.78 is 2.06. The highest BCUT2D eigenvalue weighted by molar-refractivity contribution is 6.38. The molecule has 2 N–H and O–H groups in total. The minimum Gasteiger partial charge on any atom is -0.481 e. The topological polar surface area (TPSA) is 71.3 Å². The molecule has 8 heteroatoms. The van der Waals surface area contributed by atoms with E-state index in [-0.39, 0.29) is 36.1 Å². The first-order valence-electron chi connectivity index (χ1n) is 12.8. The lowest BCUT2D eigenvalue weighted by molar-refractivity contribution is -0.136. The molecule has 3 unspecified atom stereocenters. The van der Waals surface area contributed by atoms with Crippen molar-refractivity contribution in [1.29, 1.82) is 0 Å². The second-order valence-electron chi connectivity index (χ2n) is 9.69. The molecule has 0 radical (unpaired) electrons. The van der Waals surface area contributed by atoms with E-state index in [1.807, 2.05) is 43.5 Å². The van der Waals surface area contributed by atoms with E-state index in [1.54, 1.807) is 6.07 Å². The molecule has 1 heterocycles. The molecular formula is C30H31Cl3N2O3. The maximum Gasteiger partial charge on any atom is 0.305 e. The van der Waals surface area contributed by atoms with Crippen molar-refractivity contribution in [2.24, 2.45) is 7.05 Å². The predicted molar refractivity (Wildman–Crippen MR) is 156 cm³/mol. The maximum atomic E-state index is 12.5. The van der Waals surface area contributed by atoms with Gasteiger partial charge in [-0.25, -0.2) is 0 Å². The molecule has 1 aromatic heterocycles. The van der Waals surface area contributed by atoms with Gasteiger partial charge in [-0.1, -0.05) is 66.9 Å². The number of hydrogen-bond donors (Lipinski definition) is 2. The van der Waals surface area contributed by atoms with Crippen molar-refractivity contribution >= 4 is 57.6 Å². The summed E-state index contributed by atoms with van der Waals surface area (Å²) in [7, 11) is 2.00. The molecule has 0 saturated heterocycles. The Kier molecular flexibility index (Phi) is 9.24. The molecule has 0 bridgehead atoms.